The van der Waals surface area contributed by atoms with E-state index in [-0.39, 0.29) is 37.5 Å². The monoisotopic (exact) mass is 873 g/mol. The number of hydrogen-bond acceptors (Lipinski definition) is 6. The van der Waals surface area contributed by atoms with Crippen molar-refractivity contribution in [3.05, 3.63) is 109 Å². The van der Waals surface area contributed by atoms with Crippen molar-refractivity contribution < 1.29 is 28.6 Å². The van der Waals surface area contributed by atoms with Crippen molar-refractivity contribution >= 4 is 17.9 Å². The fourth-order valence-corrected chi connectivity index (χ4v) is 6.52. The van der Waals surface area contributed by atoms with Gasteiger partial charge in [-0.1, -0.05) is 207 Å². The molecule has 1 atom stereocenters. The molecule has 0 aliphatic heterocycles. The molecular formula is C57H92O6. The van der Waals surface area contributed by atoms with Crippen LogP contribution in [0.25, 0.3) is 0 Å². The van der Waals surface area contributed by atoms with Crippen LogP contribution in [-0.2, 0) is 28.6 Å². The van der Waals surface area contributed by atoms with E-state index in [0.29, 0.717) is 19.3 Å². The molecule has 0 fully saturated rings. The van der Waals surface area contributed by atoms with Gasteiger partial charge in [-0.2, -0.15) is 0 Å². The van der Waals surface area contributed by atoms with Crippen molar-refractivity contribution in [2.24, 2.45) is 0 Å². The molecule has 0 heterocycles. The summed E-state index contributed by atoms with van der Waals surface area (Å²) in [5.74, 6) is -1.03. The van der Waals surface area contributed by atoms with Crippen LogP contribution in [0.3, 0.4) is 0 Å². The third kappa shape index (κ3) is 49.0. The molecule has 0 saturated heterocycles. The average Bonchev–Trinajstić information content (AvgIpc) is 3.28. The Hall–Kier alpha value is -3.93. The lowest BCUT2D eigenvalue weighted by Gasteiger charge is -2.18. The van der Waals surface area contributed by atoms with Crippen molar-refractivity contribution in [2.45, 2.75) is 219 Å². The maximum Gasteiger partial charge on any atom is 0.306 e. The van der Waals surface area contributed by atoms with Crippen LogP contribution in [0.5, 0.6) is 0 Å². The second kappa shape index (κ2) is 50.7. The summed E-state index contributed by atoms with van der Waals surface area (Å²) >= 11 is 0. The van der Waals surface area contributed by atoms with Crippen molar-refractivity contribution in [3.63, 3.8) is 0 Å². The summed E-state index contributed by atoms with van der Waals surface area (Å²) in [5.41, 5.74) is 0. The fraction of sp³-hybridized carbons (Fsp3) is 0.632. The van der Waals surface area contributed by atoms with Gasteiger partial charge in [0.15, 0.2) is 6.10 Å². The number of carbonyl (C=O) groups excluding carboxylic acids is 3. The largest absolute Gasteiger partial charge is 0.462 e. The van der Waals surface area contributed by atoms with Crippen LogP contribution in [0.2, 0.25) is 0 Å². The molecule has 0 bridgehead atoms. The fourth-order valence-electron chi connectivity index (χ4n) is 6.52. The van der Waals surface area contributed by atoms with Crippen LogP contribution >= 0.6 is 0 Å². The van der Waals surface area contributed by atoms with Crippen molar-refractivity contribution in [2.75, 3.05) is 13.2 Å². The minimum atomic E-state index is -0.822. The number of ether oxygens (including phenoxy) is 3. The summed E-state index contributed by atoms with van der Waals surface area (Å²) in [6.07, 6.45) is 67.9. The third-order valence-electron chi connectivity index (χ3n) is 10.4. The van der Waals surface area contributed by atoms with Crippen LogP contribution in [-0.4, -0.2) is 37.2 Å². The quantitative estimate of drug-likeness (QED) is 0.0199. The Kier molecular flexibility index (Phi) is 47.5. The summed E-state index contributed by atoms with van der Waals surface area (Å²) < 4.78 is 16.7. The smallest absolute Gasteiger partial charge is 0.306 e. The SMILES string of the molecule is CC/C=C/C=C/C=C/C=C/CCCCCC(=O)OCC(COC(=O)CCC/C=C/C/C=C/C/C=C/CCCCCCCC)OC(=O)CCCCCCCC/C=C/C=C/CCCCC. The van der Waals surface area contributed by atoms with Crippen LogP contribution < -0.4 is 0 Å². The first-order valence-electron chi connectivity index (χ1n) is 25.5. The van der Waals surface area contributed by atoms with Gasteiger partial charge in [-0.3, -0.25) is 14.4 Å². The molecule has 0 N–H and O–H groups in total. The van der Waals surface area contributed by atoms with E-state index in [1.807, 2.05) is 36.5 Å². The molecule has 356 valence electrons. The second-order valence-corrected chi connectivity index (χ2v) is 16.5. The Labute approximate surface area is 387 Å². The maximum absolute atomic E-state index is 12.8. The minimum absolute atomic E-state index is 0.121. The first kappa shape index (κ1) is 59.1. The van der Waals surface area contributed by atoms with Gasteiger partial charge in [-0.05, 0) is 96.3 Å². The normalized spacial score (nSPS) is 13.0. The number of allylic oxidation sites excluding steroid dienone is 18. The molecule has 0 aliphatic rings. The standard InChI is InChI=1S/C57H92O6/c1-4-7-10-13-16-19-22-25-27-28-30-32-35-38-41-44-47-50-56(59)62-53-54(52-61-55(58)49-46-43-40-37-34-31-24-21-18-15-12-9-6-3)63-57(60)51-48-45-42-39-36-33-29-26-23-20-17-14-11-8-5-2/h9,12,15,17-18,20-21,23-27,30-32,34,38,41,54H,4-8,10-11,13-14,16,19,22,28-29,33,35-37,39-40,42-53H2,1-3H3/b12-9+,18-15+,20-17+,24-21+,26-23+,27-25+,32-30+,34-31+,41-38+. The van der Waals surface area contributed by atoms with E-state index in [9.17, 15) is 14.4 Å². The molecule has 0 saturated carbocycles. The molecule has 0 spiro atoms. The molecule has 0 rings (SSSR count). The van der Waals surface area contributed by atoms with Gasteiger partial charge >= 0.3 is 17.9 Å². The van der Waals surface area contributed by atoms with Crippen LogP contribution in [0.15, 0.2) is 109 Å². The average molecular weight is 873 g/mol. The molecule has 1 unspecified atom stereocenters. The molecule has 0 radical (unpaired) electrons. The van der Waals surface area contributed by atoms with E-state index in [4.69, 9.17) is 14.2 Å². The third-order valence-corrected chi connectivity index (χ3v) is 10.4. The zero-order valence-corrected chi connectivity index (χ0v) is 40.5. The molecular weight excluding hydrogens is 781 g/mol. The molecule has 6 heteroatoms. The zero-order valence-electron chi connectivity index (χ0n) is 40.5. The van der Waals surface area contributed by atoms with Crippen LogP contribution in [0.4, 0.5) is 0 Å². The van der Waals surface area contributed by atoms with E-state index in [1.165, 1.54) is 77.0 Å². The molecule has 0 aromatic heterocycles. The molecule has 6 nitrogen and oxygen atoms in total. The zero-order chi connectivity index (χ0) is 45.8. The molecule has 0 aromatic rings. The van der Waals surface area contributed by atoms with E-state index in [2.05, 4.69) is 93.7 Å². The Morgan fingerprint density at radius 3 is 1.24 bits per heavy atom. The highest BCUT2D eigenvalue weighted by Crippen LogP contribution is 2.12. The van der Waals surface area contributed by atoms with Gasteiger partial charge in [0.25, 0.3) is 0 Å². The predicted molar refractivity (Wildman–Crippen MR) is 270 cm³/mol. The number of hydrogen-bond donors (Lipinski definition) is 0. The Bertz CT molecular complexity index is 1330. The number of carbonyl (C=O) groups is 3. The number of rotatable bonds is 44. The van der Waals surface area contributed by atoms with Gasteiger partial charge in [-0.25, -0.2) is 0 Å². The highest BCUT2D eigenvalue weighted by molar-refractivity contribution is 5.71. The van der Waals surface area contributed by atoms with Gasteiger partial charge in [0.05, 0.1) is 0 Å². The Morgan fingerprint density at radius 2 is 0.698 bits per heavy atom. The Morgan fingerprint density at radius 1 is 0.349 bits per heavy atom. The van der Waals surface area contributed by atoms with E-state index < -0.39 is 6.10 Å². The molecule has 0 aliphatic carbocycles. The van der Waals surface area contributed by atoms with Gasteiger partial charge in [0.2, 0.25) is 0 Å². The molecule has 0 aromatic carbocycles. The first-order valence-corrected chi connectivity index (χ1v) is 25.5. The number of esters is 3. The van der Waals surface area contributed by atoms with Crippen molar-refractivity contribution in [1.82, 2.24) is 0 Å². The highest BCUT2D eigenvalue weighted by Gasteiger charge is 2.19. The van der Waals surface area contributed by atoms with Gasteiger partial charge in [0.1, 0.15) is 13.2 Å². The summed E-state index contributed by atoms with van der Waals surface area (Å²) in [6.45, 7) is 6.35. The van der Waals surface area contributed by atoms with E-state index in [1.54, 1.807) is 0 Å². The summed E-state index contributed by atoms with van der Waals surface area (Å²) in [6, 6.07) is 0. The van der Waals surface area contributed by atoms with Gasteiger partial charge < -0.3 is 14.2 Å². The van der Waals surface area contributed by atoms with Gasteiger partial charge in [-0.15, -0.1) is 0 Å². The molecule has 0 amide bonds. The van der Waals surface area contributed by atoms with Crippen molar-refractivity contribution in [1.29, 1.82) is 0 Å². The summed E-state index contributed by atoms with van der Waals surface area (Å²) in [5, 5.41) is 0. The lowest BCUT2D eigenvalue weighted by Crippen LogP contribution is -2.30. The van der Waals surface area contributed by atoms with E-state index in [0.717, 1.165) is 89.9 Å². The highest BCUT2D eigenvalue weighted by atomic mass is 16.6. The topological polar surface area (TPSA) is 78.9 Å². The summed E-state index contributed by atoms with van der Waals surface area (Å²) in [4.78, 5) is 37.9. The van der Waals surface area contributed by atoms with Crippen LogP contribution in [0, 0.1) is 0 Å². The van der Waals surface area contributed by atoms with Gasteiger partial charge in [0, 0.05) is 19.3 Å². The molecule has 63 heavy (non-hydrogen) atoms. The van der Waals surface area contributed by atoms with E-state index >= 15 is 0 Å². The van der Waals surface area contributed by atoms with Crippen molar-refractivity contribution in [3.8, 4) is 0 Å². The minimum Gasteiger partial charge on any atom is -0.462 e. The lowest BCUT2D eigenvalue weighted by molar-refractivity contribution is -0.167. The maximum atomic E-state index is 12.8. The lowest BCUT2D eigenvalue weighted by atomic mass is 10.1. The Balaban J connectivity index is 4.55. The summed E-state index contributed by atoms with van der Waals surface area (Å²) in [7, 11) is 0. The second-order valence-electron chi connectivity index (χ2n) is 16.5. The first-order chi connectivity index (χ1) is 31.0. The van der Waals surface area contributed by atoms with Crippen LogP contribution in [0.1, 0.15) is 213 Å². The number of unbranched alkanes of at least 4 members (excludes halogenated alkanes) is 19. The predicted octanol–water partition coefficient (Wildman–Crippen LogP) is 16.8.